The number of benzene rings is 1. The number of hydrogen-bond donors (Lipinski definition) is 0. The standard InChI is InChI=1S/C16H23N2O.C2H3O.CH3.Y/c1-4-16(19)18-11-13(2)17(10-14(18)3)12-15-8-6-5-7-9-15;1-2-3;;/h5-9,13-14H,1,4,10-12H2,2-3H3;2H,1H2;1H3;/q3*-1;+3. The Morgan fingerprint density at radius 2 is 1.75 bits per heavy atom. The van der Waals surface area contributed by atoms with Crippen LogP contribution in [0.25, 0.3) is 0 Å². The number of carbonyl (C=O) groups is 2. The molecule has 1 aliphatic rings. The van der Waals surface area contributed by atoms with Gasteiger partial charge >= 0.3 is 32.7 Å². The molecule has 1 fully saturated rings. The van der Waals surface area contributed by atoms with Gasteiger partial charge in [-0.15, -0.1) is 6.42 Å². The van der Waals surface area contributed by atoms with E-state index in [1.54, 1.807) is 0 Å². The molecule has 1 saturated heterocycles. The number of nitrogens with zero attached hydrogens (tertiary/aromatic N) is 2. The number of amides is 1. The van der Waals surface area contributed by atoms with Crippen molar-refractivity contribution < 1.29 is 42.3 Å². The summed E-state index contributed by atoms with van der Waals surface area (Å²) in [6.07, 6.45) is 0.857. The maximum Gasteiger partial charge on any atom is 3.00 e. The molecule has 130 valence electrons. The van der Waals surface area contributed by atoms with Crippen molar-refractivity contribution in [2.45, 2.75) is 38.9 Å². The molecule has 1 heterocycles. The quantitative estimate of drug-likeness (QED) is 0.573. The van der Waals surface area contributed by atoms with Gasteiger partial charge in [0.05, 0.1) is 0 Å². The van der Waals surface area contributed by atoms with Crippen molar-refractivity contribution in [1.82, 2.24) is 9.80 Å². The summed E-state index contributed by atoms with van der Waals surface area (Å²) in [6.45, 7) is 13.5. The van der Waals surface area contributed by atoms with E-state index in [1.807, 2.05) is 11.0 Å². The third-order valence-electron chi connectivity index (χ3n) is 3.88. The minimum absolute atomic E-state index is 0. The molecular formula is C19H29N2O2Y. The normalized spacial score (nSPS) is 19.9. The van der Waals surface area contributed by atoms with E-state index in [9.17, 15) is 4.79 Å². The fourth-order valence-electron chi connectivity index (χ4n) is 2.73. The summed E-state index contributed by atoms with van der Waals surface area (Å²) < 4.78 is 0. The van der Waals surface area contributed by atoms with Gasteiger partial charge in [0.2, 0.25) is 0 Å². The van der Waals surface area contributed by atoms with Crippen molar-refractivity contribution in [3.05, 3.63) is 57.2 Å². The number of aldehydes is 1. The van der Waals surface area contributed by atoms with Gasteiger partial charge in [0, 0.05) is 31.7 Å². The molecule has 0 N–H and O–H groups in total. The fraction of sp³-hybridized carbons (Fsp3) is 0.421. The van der Waals surface area contributed by atoms with Crippen LogP contribution in [0.2, 0.25) is 0 Å². The van der Waals surface area contributed by atoms with Gasteiger partial charge in [-0.05, 0) is 25.7 Å². The van der Waals surface area contributed by atoms with Crippen LogP contribution in [0.5, 0.6) is 0 Å². The van der Waals surface area contributed by atoms with Crippen LogP contribution in [0.15, 0.2) is 30.3 Å². The van der Waals surface area contributed by atoms with Crippen molar-refractivity contribution in [3.8, 4) is 0 Å². The van der Waals surface area contributed by atoms with Gasteiger partial charge in [0.25, 0.3) is 0 Å². The molecule has 2 rings (SSSR count). The number of piperazine rings is 1. The maximum absolute atomic E-state index is 11.8. The average Bonchev–Trinajstić information content (AvgIpc) is 2.51. The van der Waals surface area contributed by atoms with E-state index in [-0.39, 0.29) is 52.1 Å². The zero-order valence-electron chi connectivity index (χ0n) is 15.1. The smallest absolute Gasteiger partial charge is 0.358 e. The molecule has 2 unspecified atom stereocenters. The second-order valence-electron chi connectivity index (χ2n) is 5.58. The Hall–Kier alpha value is -0.706. The molecule has 0 aromatic heterocycles. The van der Waals surface area contributed by atoms with Crippen molar-refractivity contribution >= 4 is 12.2 Å². The Kier molecular flexibility index (Phi) is 14.4. The minimum atomic E-state index is 0. The van der Waals surface area contributed by atoms with Gasteiger partial charge in [-0.3, -0.25) is 9.69 Å². The van der Waals surface area contributed by atoms with E-state index >= 15 is 0 Å². The average molecular weight is 406 g/mol. The second kappa shape index (κ2) is 13.6. The van der Waals surface area contributed by atoms with E-state index < -0.39 is 0 Å². The van der Waals surface area contributed by atoms with Crippen molar-refractivity contribution in [2.24, 2.45) is 0 Å². The molecule has 1 aliphatic heterocycles. The molecule has 1 amide bonds. The molecule has 1 aromatic carbocycles. The van der Waals surface area contributed by atoms with E-state index in [0.717, 1.165) is 19.6 Å². The number of rotatable bonds is 3. The summed E-state index contributed by atoms with van der Waals surface area (Å²) in [5.74, 6) is 0.165. The summed E-state index contributed by atoms with van der Waals surface area (Å²) in [5.41, 5.74) is 1.33. The first-order valence-electron chi connectivity index (χ1n) is 7.63. The van der Waals surface area contributed by atoms with Gasteiger partial charge in [0.1, 0.15) is 0 Å². The summed E-state index contributed by atoms with van der Waals surface area (Å²) in [7, 11) is 0. The van der Waals surface area contributed by atoms with Crippen LogP contribution < -0.4 is 0 Å². The molecule has 5 heteroatoms. The summed E-state index contributed by atoms with van der Waals surface area (Å²) in [4.78, 5) is 24.9. The molecule has 0 bridgehead atoms. The Labute approximate surface area is 172 Å². The Morgan fingerprint density at radius 1 is 1.21 bits per heavy atom. The van der Waals surface area contributed by atoms with Crippen LogP contribution in [-0.2, 0) is 48.8 Å². The van der Waals surface area contributed by atoms with Crippen molar-refractivity contribution in [1.29, 1.82) is 0 Å². The van der Waals surface area contributed by atoms with E-state index in [1.165, 1.54) is 5.56 Å². The largest absolute Gasteiger partial charge is 3.00 e. The number of carbonyl (C=O) groups excluding carboxylic acids is 2. The first kappa shape index (κ1) is 25.5. The van der Waals surface area contributed by atoms with Gasteiger partial charge in [-0.1, -0.05) is 30.3 Å². The first-order valence-corrected chi connectivity index (χ1v) is 7.63. The van der Waals surface area contributed by atoms with Gasteiger partial charge in [-0.2, -0.15) is 0 Å². The van der Waals surface area contributed by atoms with Gasteiger partial charge in [-0.25, -0.2) is 0 Å². The first-order chi connectivity index (χ1) is 10.5. The number of hydrogen-bond acceptors (Lipinski definition) is 3. The summed E-state index contributed by atoms with van der Waals surface area (Å²) in [5, 5.41) is 0. The predicted molar refractivity (Wildman–Crippen MR) is 95.3 cm³/mol. The maximum atomic E-state index is 11.8. The molecule has 0 aliphatic carbocycles. The summed E-state index contributed by atoms with van der Waals surface area (Å²) >= 11 is 0. The zero-order valence-corrected chi connectivity index (χ0v) is 18.0. The Bertz CT molecular complexity index is 468. The fourth-order valence-corrected chi connectivity index (χ4v) is 2.73. The topological polar surface area (TPSA) is 40.6 Å². The van der Waals surface area contributed by atoms with Crippen molar-refractivity contribution in [2.75, 3.05) is 13.1 Å². The molecule has 0 radical (unpaired) electrons. The molecule has 4 nitrogen and oxygen atoms in total. The van der Waals surface area contributed by atoms with Crippen LogP contribution in [0.3, 0.4) is 0 Å². The van der Waals surface area contributed by atoms with Crippen LogP contribution in [0.4, 0.5) is 0 Å². The second-order valence-corrected chi connectivity index (χ2v) is 5.58. The van der Waals surface area contributed by atoms with Crippen LogP contribution in [0, 0.1) is 21.3 Å². The zero-order chi connectivity index (χ0) is 16.5. The monoisotopic (exact) mass is 406 g/mol. The van der Waals surface area contributed by atoms with Crippen LogP contribution in [-0.4, -0.2) is 47.2 Å². The third kappa shape index (κ3) is 7.91. The molecule has 0 spiro atoms. The SMILES string of the molecule is [CH2-]C=O.[CH2-]CC(=O)N1CC(C)N(Cc2ccccc2)CC1C.[CH3-].[Y+3]. The van der Waals surface area contributed by atoms with E-state index in [0.29, 0.717) is 18.7 Å². The molecule has 0 saturated carbocycles. The molecule has 24 heavy (non-hydrogen) atoms. The van der Waals surface area contributed by atoms with E-state index in [2.05, 4.69) is 56.9 Å². The minimum Gasteiger partial charge on any atom is -0.358 e. The molecule has 1 aromatic rings. The summed E-state index contributed by atoms with van der Waals surface area (Å²) in [6, 6.07) is 11.2. The Morgan fingerprint density at radius 3 is 2.25 bits per heavy atom. The molecule has 2 atom stereocenters. The van der Waals surface area contributed by atoms with Crippen LogP contribution >= 0.6 is 0 Å². The van der Waals surface area contributed by atoms with E-state index in [4.69, 9.17) is 4.79 Å². The predicted octanol–water partition coefficient (Wildman–Crippen LogP) is 2.80. The Balaban J connectivity index is 0. The van der Waals surface area contributed by atoms with Crippen LogP contribution in [0.1, 0.15) is 25.8 Å². The third-order valence-corrected chi connectivity index (χ3v) is 3.88. The van der Waals surface area contributed by atoms with Gasteiger partial charge < -0.3 is 31.0 Å². The van der Waals surface area contributed by atoms with Gasteiger partial charge in [0.15, 0.2) is 5.91 Å². The molecular weight excluding hydrogens is 377 g/mol. The van der Waals surface area contributed by atoms with Crippen molar-refractivity contribution in [3.63, 3.8) is 0 Å².